The lowest BCUT2D eigenvalue weighted by atomic mass is 9.87. The van der Waals surface area contributed by atoms with E-state index in [2.05, 4.69) is 67.4 Å². The number of carbonyl (C=O) groups excluding carboxylic acids is 1. The van der Waals surface area contributed by atoms with Crippen molar-refractivity contribution in [2.75, 3.05) is 18.0 Å². The Kier molecular flexibility index (Phi) is 6.83. The van der Waals surface area contributed by atoms with Gasteiger partial charge in [0.25, 0.3) is 5.91 Å². The minimum absolute atomic E-state index is 0.102. The van der Waals surface area contributed by atoms with Crippen LogP contribution in [-0.2, 0) is 16.8 Å². The second-order valence-corrected chi connectivity index (χ2v) is 8.97. The van der Waals surface area contributed by atoms with Crippen molar-refractivity contribution >= 4 is 11.6 Å². The van der Waals surface area contributed by atoms with Crippen LogP contribution in [0, 0.1) is 0 Å². The van der Waals surface area contributed by atoms with Gasteiger partial charge in [-0.3, -0.25) is 4.79 Å². The molecule has 2 aromatic carbocycles. The summed E-state index contributed by atoms with van der Waals surface area (Å²) in [5.41, 5.74) is 3.72. The monoisotopic (exact) mass is 394 g/mol. The van der Waals surface area contributed by atoms with Crippen LogP contribution in [0.25, 0.3) is 0 Å². The van der Waals surface area contributed by atoms with Gasteiger partial charge in [-0.15, -0.1) is 0 Å². The molecule has 0 spiro atoms. The van der Waals surface area contributed by atoms with E-state index < -0.39 is 6.10 Å². The molecule has 1 atom stereocenters. The van der Waals surface area contributed by atoms with Gasteiger partial charge in [0.1, 0.15) is 5.75 Å². The summed E-state index contributed by atoms with van der Waals surface area (Å²) in [7, 11) is 0. The average Bonchev–Trinajstić information content (AvgIpc) is 2.72. The summed E-state index contributed by atoms with van der Waals surface area (Å²) in [6.07, 6.45) is 3.34. The second-order valence-electron chi connectivity index (χ2n) is 8.97. The van der Waals surface area contributed by atoms with E-state index in [-0.39, 0.29) is 11.3 Å². The van der Waals surface area contributed by atoms with Gasteiger partial charge in [-0.25, -0.2) is 0 Å². The number of amides is 1. The molecule has 1 aliphatic heterocycles. The zero-order valence-electron chi connectivity index (χ0n) is 18.2. The van der Waals surface area contributed by atoms with E-state index >= 15 is 0 Å². The molecule has 0 radical (unpaired) electrons. The van der Waals surface area contributed by atoms with Crippen LogP contribution in [0.2, 0.25) is 0 Å². The average molecular weight is 395 g/mol. The Balaban J connectivity index is 1.48. The van der Waals surface area contributed by atoms with Crippen LogP contribution in [-0.4, -0.2) is 25.1 Å². The lowest BCUT2D eigenvalue weighted by Crippen LogP contribution is -2.35. The van der Waals surface area contributed by atoms with Crippen molar-refractivity contribution in [3.8, 4) is 5.75 Å². The number of rotatable bonds is 6. The summed E-state index contributed by atoms with van der Waals surface area (Å²) in [6, 6.07) is 16.5. The molecule has 1 N–H and O–H groups in total. The molecule has 1 saturated heterocycles. The number of benzene rings is 2. The van der Waals surface area contributed by atoms with Gasteiger partial charge in [-0.05, 0) is 67.0 Å². The Hall–Kier alpha value is -2.49. The Morgan fingerprint density at radius 2 is 1.62 bits per heavy atom. The maximum Gasteiger partial charge on any atom is 0.261 e. The van der Waals surface area contributed by atoms with Crippen molar-refractivity contribution in [1.82, 2.24) is 5.32 Å². The zero-order chi connectivity index (χ0) is 20.9. The number of hydrogen-bond acceptors (Lipinski definition) is 3. The smallest absolute Gasteiger partial charge is 0.261 e. The van der Waals surface area contributed by atoms with Crippen molar-refractivity contribution in [3.05, 3.63) is 59.7 Å². The van der Waals surface area contributed by atoms with Gasteiger partial charge in [0.2, 0.25) is 0 Å². The van der Waals surface area contributed by atoms with Gasteiger partial charge in [-0.1, -0.05) is 45.0 Å². The summed E-state index contributed by atoms with van der Waals surface area (Å²) in [5, 5.41) is 2.98. The molecule has 0 aromatic heterocycles. The van der Waals surface area contributed by atoms with Gasteiger partial charge in [-0.2, -0.15) is 0 Å². The van der Waals surface area contributed by atoms with Crippen molar-refractivity contribution in [1.29, 1.82) is 0 Å². The number of ether oxygens (including phenoxy) is 1. The molecular weight excluding hydrogens is 360 g/mol. The van der Waals surface area contributed by atoms with E-state index in [1.165, 1.54) is 30.5 Å². The Morgan fingerprint density at radius 3 is 2.21 bits per heavy atom. The van der Waals surface area contributed by atoms with Gasteiger partial charge in [0, 0.05) is 25.3 Å². The predicted molar refractivity (Wildman–Crippen MR) is 120 cm³/mol. The fourth-order valence-electron chi connectivity index (χ4n) is 3.60. The standard InChI is InChI=1S/C25H34N2O2/c1-19(29-23-14-10-21(11-15-23)25(2,3)4)24(28)26-18-20-8-12-22(13-9-20)27-16-6-5-7-17-27/h8-15,19H,5-7,16-18H2,1-4H3,(H,26,28)/t19-/m1/s1. The minimum atomic E-state index is -0.539. The van der Waals surface area contributed by atoms with Crippen molar-refractivity contribution in [2.24, 2.45) is 0 Å². The molecule has 29 heavy (non-hydrogen) atoms. The lowest BCUT2D eigenvalue weighted by Gasteiger charge is -2.28. The van der Waals surface area contributed by atoms with E-state index in [1.807, 2.05) is 12.1 Å². The fraction of sp³-hybridized carbons (Fsp3) is 0.480. The molecular formula is C25H34N2O2. The van der Waals surface area contributed by atoms with Crippen molar-refractivity contribution in [3.63, 3.8) is 0 Å². The molecule has 0 bridgehead atoms. The molecule has 156 valence electrons. The summed E-state index contributed by atoms with van der Waals surface area (Å²) in [5.74, 6) is 0.608. The van der Waals surface area contributed by atoms with E-state index in [4.69, 9.17) is 4.74 Å². The maximum absolute atomic E-state index is 12.4. The number of anilines is 1. The molecule has 1 heterocycles. The first kappa shape index (κ1) is 21.2. The second kappa shape index (κ2) is 9.34. The van der Waals surface area contributed by atoms with Crippen LogP contribution in [0.5, 0.6) is 5.75 Å². The van der Waals surface area contributed by atoms with Crippen molar-refractivity contribution < 1.29 is 9.53 Å². The molecule has 1 amide bonds. The number of nitrogens with zero attached hydrogens (tertiary/aromatic N) is 1. The highest BCUT2D eigenvalue weighted by Gasteiger charge is 2.17. The summed E-state index contributed by atoms with van der Waals surface area (Å²) in [4.78, 5) is 14.9. The number of carbonyl (C=O) groups is 1. The number of nitrogens with one attached hydrogen (secondary N) is 1. The third-order valence-corrected chi connectivity index (χ3v) is 5.53. The van der Waals surface area contributed by atoms with Crippen LogP contribution in [0.4, 0.5) is 5.69 Å². The topological polar surface area (TPSA) is 41.6 Å². The predicted octanol–water partition coefficient (Wildman–Crippen LogP) is 5.06. The normalized spacial score (nSPS) is 15.7. The highest BCUT2D eigenvalue weighted by Crippen LogP contribution is 2.25. The van der Waals surface area contributed by atoms with Gasteiger partial charge in [0.15, 0.2) is 6.10 Å². The summed E-state index contributed by atoms with van der Waals surface area (Å²) in [6.45, 7) is 11.1. The minimum Gasteiger partial charge on any atom is -0.481 e. The molecule has 0 aliphatic carbocycles. The van der Waals surface area contributed by atoms with Crippen LogP contribution in [0.3, 0.4) is 0 Å². The largest absolute Gasteiger partial charge is 0.481 e. The van der Waals surface area contributed by atoms with Crippen LogP contribution < -0.4 is 15.0 Å². The molecule has 0 saturated carbocycles. The first-order valence-electron chi connectivity index (χ1n) is 10.7. The summed E-state index contributed by atoms with van der Waals surface area (Å²) >= 11 is 0. The first-order chi connectivity index (χ1) is 13.8. The Labute approximate surface area is 175 Å². The SMILES string of the molecule is C[C@@H](Oc1ccc(C(C)(C)C)cc1)C(=O)NCc1ccc(N2CCCCC2)cc1. The highest BCUT2D eigenvalue weighted by molar-refractivity contribution is 5.80. The first-order valence-corrected chi connectivity index (χ1v) is 10.7. The zero-order valence-corrected chi connectivity index (χ0v) is 18.2. The van der Waals surface area contributed by atoms with E-state index in [0.717, 1.165) is 18.7 Å². The van der Waals surface area contributed by atoms with E-state index in [0.29, 0.717) is 12.3 Å². The van der Waals surface area contributed by atoms with Crippen LogP contribution >= 0.6 is 0 Å². The summed E-state index contributed by atoms with van der Waals surface area (Å²) < 4.78 is 5.81. The number of hydrogen-bond donors (Lipinski definition) is 1. The molecule has 1 aliphatic rings. The van der Waals surface area contributed by atoms with Crippen molar-refractivity contribution in [2.45, 2.75) is 65.0 Å². The highest BCUT2D eigenvalue weighted by atomic mass is 16.5. The maximum atomic E-state index is 12.4. The van der Waals surface area contributed by atoms with Gasteiger partial charge >= 0.3 is 0 Å². The Bertz CT molecular complexity index is 785. The quantitative estimate of drug-likeness (QED) is 0.745. The fourth-order valence-corrected chi connectivity index (χ4v) is 3.60. The molecule has 0 unspecified atom stereocenters. The third kappa shape index (κ3) is 5.99. The van der Waals surface area contributed by atoms with Gasteiger partial charge in [0.05, 0.1) is 0 Å². The van der Waals surface area contributed by atoms with Crippen LogP contribution in [0.1, 0.15) is 58.1 Å². The van der Waals surface area contributed by atoms with Crippen LogP contribution in [0.15, 0.2) is 48.5 Å². The number of piperidine rings is 1. The molecule has 1 fully saturated rings. The molecule has 2 aromatic rings. The molecule has 3 rings (SSSR count). The Morgan fingerprint density at radius 1 is 1.00 bits per heavy atom. The van der Waals surface area contributed by atoms with E-state index in [9.17, 15) is 4.79 Å². The lowest BCUT2D eigenvalue weighted by molar-refractivity contribution is -0.127. The van der Waals surface area contributed by atoms with E-state index in [1.54, 1.807) is 6.92 Å². The van der Waals surface area contributed by atoms with Gasteiger partial charge < -0.3 is 15.0 Å². The molecule has 4 heteroatoms. The third-order valence-electron chi connectivity index (χ3n) is 5.53. The molecule has 4 nitrogen and oxygen atoms in total.